The van der Waals surface area contributed by atoms with Crippen LogP contribution in [0.1, 0.15) is 36.0 Å². The maximum atomic E-state index is 10.9. The third kappa shape index (κ3) is 3.51. The number of carboxylic acid groups (broad SMARTS) is 1. The molecule has 110 valence electrons. The summed E-state index contributed by atoms with van der Waals surface area (Å²) in [5, 5.41) is 8.96. The lowest BCUT2D eigenvalue weighted by molar-refractivity contribution is -0.138. The average molecular weight is 277 g/mol. The minimum absolute atomic E-state index is 0.302. The second-order valence-corrected chi connectivity index (χ2v) is 5.80. The van der Waals surface area contributed by atoms with Crippen LogP contribution in [0.3, 0.4) is 0 Å². The van der Waals surface area contributed by atoms with Gasteiger partial charge in [-0.25, -0.2) is 0 Å². The van der Waals surface area contributed by atoms with E-state index in [1.165, 1.54) is 19.3 Å². The number of hydrogen-bond acceptors (Lipinski definition) is 3. The van der Waals surface area contributed by atoms with Gasteiger partial charge < -0.3 is 15.6 Å². The summed E-state index contributed by atoms with van der Waals surface area (Å²) >= 11 is 0. The van der Waals surface area contributed by atoms with Gasteiger partial charge in [0.25, 0.3) is 0 Å². The highest BCUT2D eigenvalue weighted by Crippen LogP contribution is 2.29. The van der Waals surface area contributed by atoms with Crippen LogP contribution in [-0.2, 0) is 11.2 Å². The molecule has 0 saturated heterocycles. The molecule has 1 aromatic carbocycles. The largest absolute Gasteiger partial charge is 0.493 e. The van der Waals surface area contributed by atoms with Gasteiger partial charge in [0.2, 0.25) is 0 Å². The van der Waals surface area contributed by atoms with Crippen molar-refractivity contribution in [1.29, 1.82) is 0 Å². The lowest BCUT2D eigenvalue weighted by atomic mass is 9.86. The third-order valence-electron chi connectivity index (χ3n) is 4.13. The van der Waals surface area contributed by atoms with Gasteiger partial charge in [0.05, 0.1) is 6.61 Å². The molecule has 0 amide bonds. The fraction of sp³-hybridized carbons (Fsp3) is 0.562. The highest BCUT2D eigenvalue weighted by atomic mass is 16.5. The smallest absolute Gasteiger partial charge is 0.320 e. The Balaban J connectivity index is 2.13. The maximum absolute atomic E-state index is 10.9. The van der Waals surface area contributed by atoms with Crippen molar-refractivity contribution >= 4 is 5.97 Å². The Labute approximate surface area is 119 Å². The first-order valence-corrected chi connectivity index (χ1v) is 7.18. The number of ether oxygens (including phenoxy) is 1. The number of carbonyl (C=O) groups is 1. The predicted octanol–water partition coefficient (Wildman–Crippen LogP) is 2.44. The SMILES string of the molecule is Cc1cc(CC(N)C(=O)O)c(OCC2CCC2)cc1C. The molecule has 4 heteroatoms. The van der Waals surface area contributed by atoms with E-state index in [-0.39, 0.29) is 0 Å². The molecule has 2 rings (SSSR count). The van der Waals surface area contributed by atoms with Gasteiger partial charge in [-0.15, -0.1) is 0 Å². The molecule has 0 heterocycles. The van der Waals surface area contributed by atoms with Crippen molar-refractivity contribution in [2.75, 3.05) is 6.61 Å². The molecule has 20 heavy (non-hydrogen) atoms. The van der Waals surface area contributed by atoms with Crippen molar-refractivity contribution in [3.05, 3.63) is 28.8 Å². The standard InChI is InChI=1S/C16H23NO3/c1-10-6-13(8-14(17)16(18)19)15(7-11(10)2)20-9-12-4-3-5-12/h6-7,12,14H,3-5,8-9,17H2,1-2H3,(H,18,19). The number of aryl methyl sites for hydroxylation is 2. The number of benzene rings is 1. The summed E-state index contributed by atoms with van der Waals surface area (Å²) < 4.78 is 5.91. The van der Waals surface area contributed by atoms with E-state index in [4.69, 9.17) is 15.6 Å². The van der Waals surface area contributed by atoms with E-state index >= 15 is 0 Å². The quantitative estimate of drug-likeness (QED) is 0.837. The Kier molecular flexibility index (Phi) is 4.65. The van der Waals surface area contributed by atoms with Gasteiger partial charge in [-0.2, -0.15) is 0 Å². The Morgan fingerprint density at radius 1 is 1.40 bits per heavy atom. The Morgan fingerprint density at radius 2 is 2.05 bits per heavy atom. The molecule has 0 radical (unpaired) electrons. The summed E-state index contributed by atoms with van der Waals surface area (Å²) in [7, 11) is 0. The number of carboxylic acids is 1. The second-order valence-electron chi connectivity index (χ2n) is 5.80. The number of nitrogens with two attached hydrogens (primary N) is 1. The van der Waals surface area contributed by atoms with Gasteiger partial charge in [-0.1, -0.05) is 12.5 Å². The van der Waals surface area contributed by atoms with Gasteiger partial charge in [0, 0.05) is 6.42 Å². The van der Waals surface area contributed by atoms with Gasteiger partial charge in [0.1, 0.15) is 11.8 Å². The monoisotopic (exact) mass is 277 g/mol. The van der Waals surface area contributed by atoms with Crippen LogP contribution in [0.15, 0.2) is 12.1 Å². The molecule has 1 atom stereocenters. The lowest BCUT2D eigenvalue weighted by Crippen LogP contribution is -2.32. The molecule has 0 bridgehead atoms. The molecule has 1 saturated carbocycles. The summed E-state index contributed by atoms with van der Waals surface area (Å²) in [6, 6.07) is 3.11. The molecule has 1 aromatic rings. The molecule has 0 spiro atoms. The first-order chi connectivity index (χ1) is 9.47. The fourth-order valence-corrected chi connectivity index (χ4v) is 2.33. The normalized spacial score (nSPS) is 16.6. The van der Waals surface area contributed by atoms with E-state index < -0.39 is 12.0 Å². The van der Waals surface area contributed by atoms with Gasteiger partial charge in [-0.05, 0) is 55.4 Å². The summed E-state index contributed by atoms with van der Waals surface area (Å²) in [6.45, 7) is 4.77. The van der Waals surface area contributed by atoms with E-state index in [1.807, 2.05) is 26.0 Å². The van der Waals surface area contributed by atoms with E-state index in [9.17, 15) is 4.79 Å². The van der Waals surface area contributed by atoms with Crippen molar-refractivity contribution in [3.8, 4) is 5.75 Å². The Bertz CT molecular complexity index is 495. The van der Waals surface area contributed by atoms with Crippen molar-refractivity contribution in [2.45, 2.75) is 45.6 Å². The van der Waals surface area contributed by atoms with Crippen LogP contribution in [0.4, 0.5) is 0 Å². The number of aliphatic carboxylic acids is 1. The van der Waals surface area contributed by atoms with Crippen LogP contribution in [0, 0.1) is 19.8 Å². The molecule has 3 N–H and O–H groups in total. The molecule has 4 nitrogen and oxygen atoms in total. The zero-order valence-corrected chi connectivity index (χ0v) is 12.2. The molecular weight excluding hydrogens is 254 g/mol. The van der Waals surface area contributed by atoms with Crippen LogP contribution in [-0.4, -0.2) is 23.7 Å². The van der Waals surface area contributed by atoms with E-state index in [0.29, 0.717) is 12.3 Å². The highest BCUT2D eigenvalue weighted by Gasteiger charge is 2.20. The molecule has 1 unspecified atom stereocenters. The van der Waals surface area contributed by atoms with E-state index in [2.05, 4.69) is 0 Å². The van der Waals surface area contributed by atoms with Crippen LogP contribution >= 0.6 is 0 Å². The van der Waals surface area contributed by atoms with Crippen LogP contribution in [0.2, 0.25) is 0 Å². The zero-order valence-electron chi connectivity index (χ0n) is 12.2. The molecule has 1 aliphatic carbocycles. The maximum Gasteiger partial charge on any atom is 0.320 e. The summed E-state index contributed by atoms with van der Waals surface area (Å²) in [5.41, 5.74) is 8.82. The van der Waals surface area contributed by atoms with Crippen molar-refractivity contribution in [2.24, 2.45) is 11.7 Å². The van der Waals surface area contributed by atoms with Crippen molar-refractivity contribution in [1.82, 2.24) is 0 Å². The van der Waals surface area contributed by atoms with Gasteiger partial charge in [0.15, 0.2) is 0 Å². The topological polar surface area (TPSA) is 72.6 Å². The van der Waals surface area contributed by atoms with Crippen molar-refractivity contribution in [3.63, 3.8) is 0 Å². The number of hydrogen-bond donors (Lipinski definition) is 2. The van der Waals surface area contributed by atoms with Gasteiger partial charge in [-0.3, -0.25) is 4.79 Å². The highest BCUT2D eigenvalue weighted by molar-refractivity contribution is 5.73. The first kappa shape index (κ1) is 14.9. The molecule has 0 aromatic heterocycles. The zero-order chi connectivity index (χ0) is 14.7. The summed E-state index contributed by atoms with van der Waals surface area (Å²) in [4.78, 5) is 10.9. The van der Waals surface area contributed by atoms with E-state index in [1.54, 1.807) is 0 Å². The average Bonchev–Trinajstić information content (AvgIpc) is 2.32. The summed E-state index contributed by atoms with van der Waals surface area (Å²) in [5.74, 6) is 0.461. The minimum Gasteiger partial charge on any atom is -0.493 e. The Morgan fingerprint density at radius 3 is 2.60 bits per heavy atom. The van der Waals surface area contributed by atoms with Crippen LogP contribution in [0.25, 0.3) is 0 Å². The number of rotatable bonds is 6. The first-order valence-electron chi connectivity index (χ1n) is 7.18. The molecule has 0 aliphatic heterocycles. The Hall–Kier alpha value is -1.55. The predicted molar refractivity (Wildman–Crippen MR) is 78.1 cm³/mol. The fourth-order valence-electron chi connectivity index (χ4n) is 2.33. The van der Waals surface area contributed by atoms with E-state index in [0.717, 1.165) is 29.0 Å². The van der Waals surface area contributed by atoms with Crippen LogP contribution in [0.5, 0.6) is 5.75 Å². The molecule has 1 aliphatic rings. The third-order valence-corrected chi connectivity index (χ3v) is 4.13. The van der Waals surface area contributed by atoms with Crippen LogP contribution < -0.4 is 10.5 Å². The summed E-state index contributed by atoms with van der Waals surface area (Å²) in [6.07, 6.45) is 4.05. The lowest BCUT2D eigenvalue weighted by Gasteiger charge is -2.26. The van der Waals surface area contributed by atoms with Crippen molar-refractivity contribution < 1.29 is 14.6 Å². The van der Waals surface area contributed by atoms with Gasteiger partial charge >= 0.3 is 5.97 Å². The molecule has 1 fully saturated rings. The molecular formula is C16H23NO3. The second kappa shape index (κ2) is 6.27. The minimum atomic E-state index is -0.979.